The Morgan fingerprint density at radius 1 is 0.345 bits per heavy atom. The molecule has 0 spiro atoms. The third kappa shape index (κ3) is 4.94. The van der Waals surface area contributed by atoms with Crippen molar-refractivity contribution in [1.29, 1.82) is 0 Å². The summed E-state index contributed by atoms with van der Waals surface area (Å²) >= 11 is 0. The molecule has 1 aliphatic heterocycles. The molecule has 0 fully saturated rings. The minimum Gasteiger partial charge on any atom is -0.450 e. The smallest absolute Gasteiger partial charge is 0.170 e. The highest BCUT2D eigenvalue weighted by Crippen LogP contribution is 2.59. The molecular weight excluding hydrogens is 671 g/mol. The molecule has 1 aromatic heterocycles. The number of pyridine rings is 1. The summed E-state index contributed by atoms with van der Waals surface area (Å²) in [5.74, 6) is 2.82. The zero-order valence-electron chi connectivity index (χ0n) is 29.8. The van der Waals surface area contributed by atoms with Crippen LogP contribution in [-0.2, 0) is 5.41 Å². The van der Waals surface area contributed by atoms with Crippen LogP contribution in [0, 0.1) is 0 Å². The Hall–Kier alpha value is -7.23. The summed E-state index contributed by atoms with van der Waals surface area (Å²) in [4.78, 5) is 5.02. The third-order valence-corrected chi connectivity index (χ3v) is 11.2. The average molecular weight is 704 g/mol. The van der Waals surface area contributed by atoms with Gasteiger partial charge in [-0.25, -0.2) is 4.98 Å². The number of ether oxygens (including phenoxy) is 2. The molecule has 9 aromatic rings. The quantitative estimate of drug-likeness (QED) is 0.179. The second kappa shape index (κ2) is 12.4. The first kappa shape index (κ1) is 31.3. The van der Waals surface area contributed by atoms with Gasteiger partial charge in [0, 0.05) is 10.9 Å². The van der Waals surface area contributed by atoms with Crippen molar-refractivity contribution in [2.45, 2.75) is 5.41 Å². The van der Waals surface area contributed by atoms with Crippen molar-refractivity contribution in [1.82, 2.24) is 4.98 Å². The van der Waals surface area contributed by atoms with Gasteiger partial charge in [0.15, 0.2) is 23.0 Å². The molecule has 0 bridgehead atoms. The number of hydrogen-bond donors (Lipinski definition) is 0. The normalized spacial score (nSPS) is 13.2. The van der Waals surface area contributed by atoms with Crippen LogP contribution in [0.4, 0.5) is 0 Å². The van der Waals surface area contributed by atoms with Gasteiger partial charge in [-0.2, -0.15) is 0 Å². The Balaban J connectivity index is 0.972. The molecule has 258 valence electrons. The fourth-order valence-corrected chi connectivity index (χ4v) is 8.74. The molecule has 3 nitrogen and oxygen atoms in total. The van der Waals surface area contributed by atoms with E-state index in [0.29, 0.717) is 23.0 Å². The SMILES string of the molecule is c1ccc(-c2ccc3c(-c4cccc(-c5ccc6c(c5)Oc5cc7c(cc5O6)C(c5ccccc5)(c5ccccc5)c5ccccc5-7)c4)cccc3n2)cc1. The molecule has 1 aliphatic carbocycles. The molecule has 0 amide bonds. The molecular formula is C52H33NO2. The van der Waals surface area contributed by atoms with E-state index in [4.69, 9.17) is 14.5 Å². The lowest BCUT2D eigenvalue weighted by Gasteiger charge is -2.34. The number of aromatic nitrogens is 1. The summed E-state index contributed by atoms with van der Waals surface area (Å²) in [6, 6.07) is 70.6. The maximum Gasteiger partial charge on any atom is 0.170 e. The predicted octanol–water partition coefficient (Wildman–Crippen LogP) is 13.5. The van der Waals surface area contributed by atoms with E-state index in [1.165, 1.54) is 27.8 Å². The summed E-state index contributed by atoms with van der Waals surface area (Å²) in [7, 11) is 0. The maximum atomic E-state index is 6.75. The van der Waals surface area contributed by atoms with Gasteiger partial charge in [-0.1, -0.05) is 158 Å². The van der Waals surface area contributed by atoms with E-state index >= 15 is 0 Å². The van der Waals surface area contributed by atoms with Crippen LogP contribution in [-0.4, -0.2) is 4.98 Å². The number of benzene rings is 8. The number of rotatable bonds is 5. The van der Waals surface area contributed by atoms with Crippen LogP contribution >= 0.6 is 0 Å². The molecule has 0 radical (unpaired) electrons. The van der Waals surface area contributed by atoms with E-state index < -0.39 is 5.41 Å². The predicted molar refractivity (Wildman–Crippen MR) is 222 cm³/mol. The van der Waals surface area contributed by atoms with Crippen molar-refractivity contribution in [3.8, 4) is 67.6 Å². The average Bonchev–Trinajstić information content (AvgIpc) is 3.55. The first-order valence-corrected chi connectivity index (χ1v) is 18.7. The van der Waals surface area contributed by atoms with E-state index in [1.54, 1.807) is 0 Å². The number of hydrogen-bond acceptors (Lipinski definition) is 3. The van der Waals surface area contributed by atoms with Crippen molar-refractivity contribution in [3.63, 3.8) is 0 Å². The van der Waals surface area contributed by atoms with Gasteiger partial charge in [0.2, 0.25) is 0 Å². The monoisotopic (exact) mass is 703 g/mol. The van der Waals surface area contributed by atoms with Crippen molar-refractivity contribution >= 4 is 10.9 Å². The van der Waals surface area contributed by atoms with Crippen LogP contribution in [0.25, 0.3) is 55.5 Å². The molecule has 0 saturated carbocycles. The fourth-order valence-electron chi connectivity index (χ4n) is 8.74. The second-order valence-corrected chi connectivity index (χ2v) is 14.3. The van der Waals surface area contributed by atoms with Crippen LogP contribution in [0.15, 0.2) is 200 Å². The van der Waals surface area contributed by atoms with Gasteiger partial charge < -0.3 is 9.47 Å². The van der Waals surface area contributed by atoms with Gasteiger partial charge in [0.05, 0.1) is 16.6 Å². The minimum atomic E-state index is -0.508. The van der Waals surface area contributed by atoms with Crippen molar-refractivity contribution < 1.29 is 9.47 Å². The summed E-state index contributed by atoms with van der Waals surface area (Å²) in [6.45, 7) is 0. The van der Waals surface area contributed by atoms with Crippen LogP contribution in [0.5, 0.6) is 23.0 Å². The van der Waals surface area contributed by atoms with E-state index in [2.05, 4.69) is 176 Å². The molecule has 0 unspecified atom stereocenters. The Kier molecular flexibility index (Phi) is 7.08. The largest absolute Gasteiger partial charge is 0.450 e. The first-order chi connectivity index (χ1) is 27.2. The molecule has 11 rings (SSSR count). The van der Waals surface area contributed by atoms with Gasteiger partial charge in [0.1, 0.15) is 0 Å². The van der Waals surface area contributed by atoms with Gasteiger partial charge in [0.25, 0.3) is 0 Å². The highest BCUT2D eigenvalue weighted by molar-refractivity contribution is 5.96. The molecule has 0 N–H and O–H groups in total. The standard InChI is InChI=1S/C52H33NO2/c1-4-14-34(15-5-1)46-28-27-42-40(23-13-25-47(42)53-46)37-17-12-16-35(30-37)36-26-29-48-49(31-36)55-50-32-43-41-22-10-11-24-44(41)52(38-18-6-2-7-19-38,39-20-8-3-9-21-39)45(43)33-51(50)54-48/h1-33H. The molecule has 0 saturated heterocycles. The Morgan fingerprint density at radius 3 is 1.75 bits per heavy atom. The first-order valence-electron chi connectivity index (χ1n) is 18.7. The fraction of sp³-hybridized carbons (Fsp3) is 0.0192. The van der Waals surface area contributed by atoms with Gasteiger partial charge >= 0.3 is 0 Å². The van der Waals surface area contributed by atoms with E-state index in [-0.39, 0.29) is 0 Å². The zero-order valence-corrected chi connectivity index (χ0v) is 29.8. The van der Waals surface area contributed by atoms with Crippen molar-refractivity contribution in [2.24, 2.45) is 0 Å². The van der Waals surface area contributed by atoms with Crippen LogP contribution in [0.2, 0.25) is 0 Å². The molecule has 3 heteroatoms. The van der Waals surface area contributed by atoms with Gasteiger partial charge in [-0.15, -0.1) is 0 Å². The van der Waals surface area contributed by atoms with E-state index in [9.17, 15) is 0 Å². The maximum absolute atomic E-state index is 6.75. The van der Waals surface area contributed by atoms with Crippen LogP contribution in [0.1, 0.15) is 22.3 Å². The molecule has 0 atom stereocenters. The topological polar surface area (TPSA) is 31.4 Å². The lowest BCUT2D eigenvalue weighted by molar-refractivity contribution is 0.359. The van der Waals surface area contributed by atoms with E-state index in [0.717, 1.165) is 50.0 Å². The summed E-state index contributed by atoms with van der Waals surface area (Å²) in [6.07, 6.45) is 0. The van der Waals surface area contributed by atoms with E-state index in [1.807, 2.05) is 24.3 Å². The lowest BCUT2D eigenvalue weighted by atomic mass is 9.67. The van der Waals surface area contributed by atoms with Gasteiger partial charge in [-0.3, -0.25) is 0 Å². The van der Waals surface area contributed by atoms with Gasteiger partial charge in [-0.05, 0) is 98.1 Å². The lowest BCUT2D eigenvalue weighted by Crippen LogP contribution is -2.28. The Bertz CT molecular complexity index is 2880. The Labute approximate surface area is 319 Å². The van der Waals surface area contributed by atoms with Crippen LogP contribution < -0.4 is 9.47 Å². The number of fused-ring (bicyclic) bond motifs is 6. The van der Waals surface area contributed by atoms with Crippen LogP contribution in [0.3, 0.4) is 0 Å². The Morgan fingerprint density at radius 2 is 0.945 bits per heavy atom. The molecule has 2 heterocycles. The highest BCUT2D eigenvalue weighted by atomic mass is 16.6. The summed E-state index contributed by atoms with van der Waals surface area (Å²) < 4.78 is 13.5. The second-order valence-electron chi connectivity index (χ2n) is 14.3. The number of nitrogens with zero attached hydrogens (tertiary/aromatic N) is 1. The molecule has 2 aliphatic rings. The zero-order chi connectivity index (χ0) is 36.3. The third-order valence-electron chi connectivity index (χ3n) is 11.2. The van der Waals surface area contributed by atoms with Crippen molar-refractivity contribution in [2.75, 3.05) is 0 Å². The molecule has 8 aromatic carbocycles. The minimum absolute atomic E-state index is 0.508. The molecule has 55 heavy (non-hydrogen) atoms. The van der Waals surface area contributed by atoms with Crippen molar-refractivity contribution in [3.05, 3.63) is 222 Å². The highest BCUT2D eigenvalue weighted by Gasteiger charge is 2.47. The summed E-state index contributed by atoms with van der Waals surface area (Å²) in [5.41, 5.74) is 14.2. The summed E-state index contributed by atoms with van der Waals surface area (Å²) in [5, 5.41) is 1.12.